The number of anilines is 1. The van der Waals surface area contributed by atoms with Crippen molar-refractivity contribution in [1.29, 1.82) is 5.26 Å². The summed E-state index contributed by atoms with van der Waals surface area (Å²) in [6.07, 6.45) is 0. The normalized spacial score (nSPS) is 16.0. The summed E-state index contributed by atoms with van der Waals surface area (Å²) in [6.45, 7) is 4.32. The Morgan fingerprint density at radius 3 is 3.00 bits per heavy atom. The molecule has 100 valence electrons. The summed E-state index contributed by atoms with van der Waals surface area (Å²) in [5, 5.41) is 10.6. The van der Waals surface area contributed by atoms with Crippen molar-refractivity contribution < 1.29 is 9.53 Å². The van der Waals surface area contributed by atoms with Gasteiger partial charge in [0.1, 0.15) is 22.9 Å². The molecule has 2 rings (SSSR count). The van der Waals surface area contributed by atoms with Crippen molar-refractivity contribution in [3.8, 4) is 11.8 Å². The number of hydrogen-bond acceptors (Lipinski definition) is 4. The molecule has 1 N–H and O–H groups in total. The maximum Gasteiger partial charge on any atom is 0.253 e. The van der Waals surface area contributed by atoms with E-state index in [-0.39, 0.29) is 11.8 Å². The van der Waals surface area contributed by atoms with Gasteiger partial charge in [0.2, 0.25) is 0 Å². The number of fused-ring (bicyclic) bond motifs is 1. The SMILES string of the molecule is CC1(C)CN(NC(=O)CCl)c2cc(C#N)ccc2O1. The molecule has 0 unspecified atom stereocenters. The lowest BCUT2D eigenvalue weighted by atomic mass is 10.1. The van der Waals surface area contributed by atoms with Crippen molar-refractivity contribution in [2.75, 3.05) is 17.4 Å². The first-order chi connectivity index (χ1) is 8.95. The Morgan fingerprint density at radius 2 is 2.37 bits per heavy atom. The molecule has 0 aliphatic carbocycles. The summed E-state index contributed by atoms with van der Waals surface area (Å²) in [4.78, 5) is 11.5. The third kappa shape index (κ3) is 2.91. The Hall–Kier alpha value is -1.93. The van der Waals surface area contributed by atoms with E-state index in [1.165, 1.54) is 0 Å². The van der Waals surface area contributed by atoms with E-state index in [0.29, 0.717) is 23.5 Å². The summed E-state index contributed by atoms with van der Waals surface area (Å²) < 4.78 is 5.83. The Labute approximate surface area is 116 Å². The highest BCUT2D eigenvalue weighted by Gasteiger charge is 2.32. The monoisotopic (exact) mass is 279 g/mol. The third-order valence-electron chi connectivity index (χ3n) is 2.69. The second kappa shape index (κ2) is 4.98. The van der Waals surface area contributed by atoms with Gasteiger partial charge in [-0.15, -0.1) is 11.6 Å². The largest absolute Gasteiger partial charge is 0.484 e. The number of hydrogen-bond donors (Lipinski definition) is 1. The van der Waals surface area contributed by atoms with Crippen molar-refractivity contribution >= 4 is 23.2 Å². The summed E-state index contributed by atoms with van der Waals surface area (Å²) in [6, 6.07) is 7.16. The van der Waals surface area contributed by atoms with E-state index in [4.69, 9.17) is 21.6 Å². The Kier molecular flexibility index (Phi) is 3.54. The van der Waals surface area contributed by atoms with Gasteiger partial charge in [-0.2, -0.15) is 5.26 Å². The van der Waals surface area contributed by atoms with Crippen LogP contribution in [0.2, 0.25) is 0 Å². The fraction of sp³-hybridized carbons (Fsp3) is 0.385. The van der Waals surface area contributed by atoms with Gasteiger partial charge < -0.3 is 4.74 Å². The average Bonchev–Trinajstić information content (AvgIpc) is 2.37. The number of rotatable bonds is 2. The highest BCUT2D eigenvalue weighted by molar-refractivity contribution is 6.27. The zero-order valence-corrected chi connectivity index (χ0v) is 11.5. The molecule has 0 spiro atoms. The molecule has 0 fully saturated rings. The van der Waals surface area contributed by atoms with Crippen molar-refractivity contribution in [1.82, 2.24) is 5.43 Å². The van der Waals surface area contributed by atoms with Crippen molar-refractivity contribution in [2.24, 2.45) is 0 Å². The maximum absolute atomic E-state index is 11.5. The van der Waals surface area contributed by atoms with Gasteiger partial charge in [0.25, 0.3) is 5.91 Å². The number of nitrogens with one attached hydrogen (secondary N) is 1. The zero-order chi connectivity index (χ0) is 14.0. The van der Waals surface area contributed by atoms with Gasteiger partial charge in [0, 0.05) is 0 Å². The lowest BCUT2D eigenvalue weighted by molar-refractivity contribution is -0.119. The number of amides is 1. The topological polar surface area (TPSA) is 65.4 Å². The molecule has 19 heavy (non-hydrogen) atoms. The number of halogens is 1. The van der Waals surface area contributed by atoms with Gasteiger partial charge in [0.05, 0.1) is 18.2 Å². The summed E-state index contributed by atoms with van der Waals surface area (Å²) in [5.74, 6) is 0.211. The van der Waals surface area contributed by atoms with Gasteiger partial charge in [-0.3, -0.25) is 15.2 Å². The van der Waals surface area contributed by atoms with E-state index in [9.17, 15) is 4.79 Å². The van der Waals surface area contributed by atoms with Gasteiger partial charge >= 0.3 is 0 Å². The highest BCUT2D eigenvalue weighted by Crippen LogP contribution is 2.36. The fourth-order valence-corrected chi connectivity index (χ4v) is 2.02. The van der Waals surface area contributed by atoms with E-state index < -0.39 is 5.60 Å². The number of benzene rings is 1. The smallest absolute Gasteiger partial charge is 0.253 e. The van der Waals surface area contributed by atoms with Crippen LogP contribution in [-0.2, 0) is 4.79 Å². The first kappa shape index (κ1) is 13.5. The molecule has 1 aliphatic rings. The zero-order valence-electron chi connectivity index (χ0n) is 10.7. The molecule has 1 amide bonds. The average molecular weight is 280 g/mol. The van der Waals surface area contributed by atoms with Gasteiger partial charge in [-0.25, -0.2) is 0 Å². The number of carbonyl (C=O) groups excluding carboxylic acids is 1. The molecule has 1 aromatic carbocycles. The molecular weight excluding hydrogens is 266 g/mol. The van der Waals surface area contributed by atoms with Crippen LogP contribution in [0, 0.1) is 11.3 Å². The fourth-order valence-electron chi connectivity index (χ4n) is 1.96. The van der Waals surface area contributed by atoms with E-state index in [2.05, 4.69) is 11.5 Å². The van der Waals surface area contributed by atoms with Crippen LogP contribution in [0.4, 0.5) is 5.69 Å². The molecule has 6 heteroatoms. The maximum atomic E-state index is 11.5. The van der Waals surface area contributed by atoms with Crippen LogP contribution in [0.1, 0.15) is 19.4 Å². The van der Waals surface area contributed by atoms with Crippen LogP contribution in [0.3, 0.4) is 0 Å². The Balaban J connectivity index is 2.39. The van der Waals surface area contributed by atoms with Crippen LogP contribution in [0.5, 0.6) is 5.75 Å². The first-order valence-corrected chi connectivity index (χ1v) is 6.35. The summed E-state index contributed by atoms with van der Waals surface area (Å²) in [7, 11) is 0. The summed E-state index contributed by atoms with van der Waals surface area (Å²) in [5.41, 5.74) is 3.43. The minimum Gasteiger partial charge on any atom is -0.484 e. The minimum absolute atomic E-state index is 0.120. The second-order valence-corrected chi connectivity index (χ2v) is 5.18. The molecule has 1 heterocycles. The van der Waals surface area contributed by atoms with Crippen LogP contribution in [0.15, 0.2) is 18.2 Å². The van der Waals surface area contributed by atoms with E-state index >= 15 is 0 Å². The number of nitriles is 1. The van der Waals surface area contributed by atoms with Gasteiger partial charge in [-0.1, -0.05) is 0 Å². The van der Waals surface area contributed by atoms with Crippen LogP contribution >= 0.6 is 11.6 Å². The lowest BCUT2D eigenvalue weighted by Gasteiger charge is -2.40. The molecule has 0 atom stereocenters. The Morgan fingerprint density at radius 1 is 1.63 bits per heavy atom. The standard InChI is InChI=1S/C13H14ClN3O2/c1-13(2)8-17(16-12(18)6-14)10-5-9(7-15)3-4-11(10)19-13/h3-5H,6,8H2,1-2H3,(H,16,18). The number of ether oxygens (including phenoxy) is 1. The van der Waals surface area contributed by atoms with Crippen LogP contribution in [-0.4, -0.2) is 23.9 Å². The Bertz CT molecular complexity index is 551. The molecule has 1 aromatic rings. The van der Waals surface area contributed by atoms with E-state index in [1.807, 2.05) is 13.8 Å². The quantitative estimate of drug-likeness (QED) is 0.839. The summed E-state index contributed by atoms with van der Waals surface area (Å²) >= 11 is 5.51. The van der Waals surface area contributed by atoms with Crippen molar-refractivity contribution in [3.05, 3.63) is 23.8 Å². The van der Waals surface area contributed by atoms with Crippen LogP contribution in [0.25, 0.3) is 0 Å². The van der Waals surface area contributed by atoms with Crippen molar-refractivity contribution in [3.63, 3.8) is 0 Å². The predicted molar refractivity (Wildman–Crippen MR) is 72.1 cm³/mol. The highest BCUT2D eigenvalue weighted by atomic mass is 35.5. The molecular formula is C13H14ClN3O2. The molecule has 0 aromatic heterocycles. The molecule has 0 saturated heterocycles. The van der Waals surface area contributed by atoms with Crippen LogP contribution < -0.4 is 15.2 Å². The minimum atomic E-state index is -0.444. The second-order valence-electron chi connectivity index (χ2n) is 4.91. The number of nitrogens with zero attached hydrogens (tertiary/aromatic N) is 2. The van der Waals surface area contributed by atoms with E-state index in [1.54, 1.807) is 23.2 Å². The number of alkyl halides is 1. The van der Waals surface area contributed by atoms with Gasteiger partial charge in [0.15, 0.2) is 0 Å². The van der Waals surface area contributed by atoms with Crippen molar-refractivity contribution in [2.45, 2.75) is 19.4 Å². The molecule has 5 nitrogen and oxygen atoms in total. The van der Waals surface area contributed by atoms with E-state index in [0.717, 1.165) is 0 Å². The molecule has 0 radical (unpaired) electrons. The first-order valence-electron chi connectivity index (χ1n) is 5.81. The predicted octanol–water partition coefficient (Wildman–Crippen LogP) is 1.81. The number of hydrazine groups is 1. The molecule has 1 aliphatic heterocycles. The number of carbonyl (C=O) groups is 1. The lowest BCUT2D eigenvalue weighted by Crippen LogP contribution is -2.54. The molecule has 0 saturated carbocycles. The van der Waals surface area contributed by atoms with Gasteiger partial charge in [-0.05, 0) is 32.0 Å². The third-order valence-corrected chi connectivity index (χ3v) is 2.93. The molecule has 0 bridgehead atoms.